The van der Waals surface area contributed by atoms with Crippen molar-refractivity contribution in [3.05, 3.63) is 35.9 Å². The molecule has 0 aliphatic heterocycles. The molecule has 4 heteroatoms. The minimum absolute atomic E-state index is 0. The highest BCUT2D eigenvalue weighted by molar-refractivity contribution is 5.85. The van der Waals surface area contributed by atoms with Crippen molar-refractivity contribution in [3.8, 4) is 0 Å². The van der Waals surface area contributed by atoms with Crippen LogP contribution in [0.4, 0.5) is 0 Å². The number of methoxy groups -OCH3 is 1. The molecule has 0 radical (unpaired) electrons. The Morgan fingerprint density at radius 1 is 1.25 bits per heavy atom. The molecule has 1 fully saturated rings. The first kappa shape index (κ1) is 17.0. The van der Waals surface area contributed by atoms with Gasteiger partial charge in [-0.3, -0.25) is 4.79 Å². The second kappa shape index (κ2) is 8.28. The molecular formula is C16H24ClNO2. The number of nitrogens with one attached hydrogen (secondary N) is 1. The quantitative estimate of drug-likeness (QED) is 0.648. The van der Waals surface area contributed by atoms with E-state index in [0.717, 1.165) is 6.54 Å². The average molecular weight is 298 g/mol. The summed E-state index contributed by atoms with van der Waals surface area (Å²) in [5.74, 6) is -0.146. The molecule has 2 rings (SSSR count). The van der Waals surface area contributed by atoms with E-state index < -0.39 is 0 Å². The van der Waals surface area contributed by atoms with Crippen LogP contribution in [0.5, 0.6) is 0 Å². The fourth-order valence-corrected chi connectivity index (χ4v) is 3.03. The van der Waals surface area contributed by atoms with Crippen molar-refractivity contribution in [2.45, 2.75) is 37.5 Å². The largest absolute Gasteiger partial charge is 0.469 e. The maximum absolute atomic E-state index is 11.1. The molecule has 1 aromatic rings. The van der Waals surface area contributed by atoms with E-state index in [-0.39, 0.29) is 23.8 Å². The van der Waals surface area contributed by atoms with Crippen LogP contribution in [0.3, 0.4) is 0 Å². The molecule has 0 bridgehead atoms. The standard InChI is InChI=1S/C16H23NO2.ClH/c1-19-15(18)9-12-17-13-16(10-5-6-11-16)14-7-3-2-4-8-14;/h2-4,7-8,17H,5-6,9-13H2,1H3;1H. The van der Waals surface area contributed by atoms with Gasteiger partial charge in [-0.25, -0.2) is 0 Å². The van der Waals surface area contributed by atoms with Gasteiger partial charge in [0.05, 0.1) is 13.5 Å². The monoisotopic (exact) mass is 297 g/mol. The second-order valence-electron chi connectivity index (χ2n) is 5.36. The summed E-state index contributed by atoms with van der Waals surface area (Å²) >= 11 is 0. The molecule has 0 atom stereocenters. The number of halogens is 1. The van der Waals surface area contributed by atoms with Crippen molar-refractivity contribution in [1.29, 1.82) is 0 Å². The number of esters is 1. The minimum Gasteiger partial charge on any atom is -0.469 e. The van der Waals surface area contributed by atoms with E-state index in [2.05, 4.69) is 40.4 Å². The van der Waals surface area contributed by atoms with E-state index in [4.69, 9.17) is 0 Å². The van der Waals surface area contributed by atoms with E-state index in [1.54, 1.807) is 0 Å². The smallest absolute Gasteiger partial charge is 0.306 e. The molecule has 3 nitrogen and oxygen atoms in total. The predicted molar refractivity (Wildman–Crippen MR) is 83.3 cm³/mol. The van der Waals surface area contributed by atoms with Crippen LogP contribution in [-0.2, 0) is 14.9 Å². The summed E-state index contributed by atoms with van der Waals surface area (Å²) in [6.45, 7) is 1.65. The summed E-state index contributed by atoms with van der Waals surface area (Å²) in [6, 6.07) is 10.8. The van der Waals surface area contributed by atoms with Crippen LogP contribution in [0, 0.1) is 0 Å². The van der Waals surface area contributed by atoms with Gasteiger partial charge < -0.3 is 10.1 Å². The van der Waals surface area contributed by atoms with Crippen molar-refractivity contribution in [2.24, 2.45) is 0 Å². The lowest BCUT2D eigenvalue weighted by Gasteiger charge is -2.30. The van der Waals surface area contributed by atoms with Gasteiger partial charge in [-0.15, -0.1) is 12.4 Å². The Morgan fingerprint density at radius 3 is 2.50 bits per heavy atom. The molecule has 112 valence electrons. The van der Waals surface area contributed by atoms with Crippen LogP contribution in [0.2, 0.25) is 0 Å². The van der Waals surface area contributed by atoms with E-state index >= 15 is 0 Å². The first-order valence-electron chi connectivity index (χ1n) is 7.10. The molecule has 1 aromatic carbocycles. The number of carbonyl (C=O) groups is 1. The Labute approximate surface area is 127 Å². The summed E-state index contributed by atoms with van der Waals surface area (Å²) < 4.78 is 4.65. The van der Waals surface area contributed by atoms with Gasteiger partial charge in [-0.1, -0.05) is 43.2 Å². The third-order valence-electron chi connectivity index (χ3n) is 4.14. The highest BCUT2D eigenvalue weighted by Gasteiger charge is 2.34. The number of hydrogen-bond donors (Lipinski definition) is 1. The van der Waals surface area contributed by atoms with Gasteiger partial charge in [0.25, 0.3) is 0 Å². The van der Waals surface area contributed by atoms with Crippen LogP contribution in [0.15, 0.2) is 30.3 Å². The molecule has 0 heterocycles. The highest BCUT2D eigenvalue weighted by Crippen LogP contribution is 2.40. The van der Waals surface area contributed by atoms with Crippen molar-refractivity contribution < 1.29 is 9.53 Å². The molecule has 0 unspecified atom stereocenters. The Morgan fingerprint density at radius 2 is 1.90 bits per heavy atom. The zero-order valence-electron chi connectivity index (χ0n) is 12.1. The molecule has 1 aliphatic carbocycles. The van der Waals surface area contributed by atoms with Gasteiger partial charge in [0, 0.05) is 18.5 Å². The lowest BCUT2D eigenvalue weighted by Crippen LogP contribution is -2.36. The SMILES string of the molecule is COC(=O)CCNCC1(c2ccccc2)CCCC1.Cl. The minimum atomic E-state index is -0.146. The fraction of sp³-hybridized carbons (Fsp3) is 0.562. The van der Waals surface area contributed by atoms with Crippen LogP contribution >= 0.6 is 12.4 Å². The molecule has 1 N–H and O–H groups in total. The summed E-state index contributed by atoms with van der Waals surface area (Å²) in [7, 11) is 1.44. The Bertz CT molecular complexity index is 402. The molecule has 0 amide bonds. The van der Waals surface area contributed by atoms with Crippen molar-refractivity contribution in [2.75, 3.05) is 20.2 Å². The Balaban J connectivity index is 0.00000200. The molecular weight excluding hydrogens is 274 g/mol. The zero-order valence-corrected chi connectivity index (χ0v) is 12.9. The average Bonchev–Trinajstić information content (AvgIpc) is 2.94. The third-order valence-corrected chi connectivity index (χ3v) is 4.14. The predicted octanol–water partition coefficient (Wildman–Crippen LogP) is 3.07. The summed E-state index contributed by atoms with van der Waals surface area (Å²) in [4.78, 5) is 11.1. The van der Waals surface area contributed by atoms with Gasteiger partial charge in [0.15, 0.2) is 0 Å². The van der Waals surface area contributed by atoms with Gasteiger partial charge in [0.1, 0.15) is 0 Å². The molecule has 0 saturated heterocycles. The first-order valence-corrected chi connectivity index (χ1v) is 7.10. The van der Waals surface area contributed by atoms with E-state index in [1.165, 1.54) is 38.4 Å². The van der Waals surface area contributed by atoms with Crippen molar-refractivity contribution in [3.63, 3.8) is 0 Å². The highest BCUT2D eigenvalue weighted by atomic mass is 35.5. The topological polar surface area (TPSA) is 38.3 Å². The van der Waals surface area contributed by atoms with Crippen LogP contribution in [0.1, 0.15) is 37.7 Å². The van der Waals surface area contributed by atoms with E-state index in [0.29, 0.717) is 13.0 Å². The van der Waals surface area contributed by atoms with Gasteiger partial charge in [-0.2, -0.15) is 0 Å². The molecule has 20 heavy (non-hydrogen) atoms. The second-order valence-corrected chi connectivity index (χ2v) is 5.36. The van der Waals surface area contributed by atoms with E-state index in [9.17, 15) is 4.79 Å². The maximum Gasteiger partial charge on any atom is 0.306 e. The number of ether oxygens (including phenoxy) is 1. The molecule has 1 saturated carbocycles. The maximum atomic E-state index is 11.1. The Kier molecular flexibility index (Phi) is 7.03. The van der Waals surface area contributed by atoms with Crippen LogP contribution in [0.25, 0.3) is 0 Å². The summed E-state index contributed by atoms with van der Waals surface area (Å²) in [5.41, 5.74) is 1.69. The van der Waals surface area contributed by atoms with Crippen LogP contribution in [-0.4, -0.2) is 26.2 Å². The zero-order chi connectivity index (χ0) is 13.6. The number of rotatable bonds is 6. The van der Waals surface area contributed by atoms with Gasteiger partial charge in [-0.05, 0) is 18.4 Å². The van der Waals surface area contributed by atoms with Crippen molar-refractivity contribution in [1.82, 2.24) is 5.32 Å². The number of carbonyl (C=O) groups excluding carboxylic acids is 1. The lowest BCUT2D eigenvalue weighted by atomic mass is 9.79. The molecule has 0 spiro atoms. The van der Waals surface area contributed by atoms with Gasteiger partial charge in [0.2, 0.25) is 0 Å². The fourth-order valence-electron chi connectivity index (χ4n) is 3.03. The summed E-state index contributed by atoms with van der Waals surface area (Å²) in [6.07, 6.45) is 5.52. The van der Waals surface area contributed by atoms with Crippen molar-refractivity contribution >= 4 is 18.4 Å². The normalized spacial score (nSPS) is 16.4. The number of hydrogen-bond acceptors (Lipinski definition) is 3. The first-order chi connectivity index (χ1) is 9.27. The van der Waals surface area contributed by atoms with E-state index in [1.807, 2.05) is 0 Å². The summed E-state index contributed by atoms with van der Waals surface area (Å²) in [5, 5.41) is 3.43. The molecule has 1 aliphatic rings. The van der Waals surface area contributed by atoms with Gasteiger partial charge >= 0.3 is 5.97 Å². The third kappa shape index (κ3) is 4.22. The molecule has 0 aromatic heterocycles. The van der Waals surface area contributed by atoms with Crippen LogP contribution < -0.4 is 5.32 Å². The Hall–Kier alpha value is -1.06. The number of benzene rings is 1. The lowest BCUT2D eigenvalue weighted by molar-refractivity contribution is -0.140.